The van der Waals surface area contributed by atoms with Gasteiger partial charge in [0.15, 0.2) is 16.5 Å². The maximum atomic E-state index is 13.3. The van der Waals surface area contributed by atoms with E-state index in [1.807, 2.05) is 28.0 Å². The summed E-state index contributed by atoms with van der Waals surface area (Å²) in [4.78, 5) is 5.56. The topological polar surface area (TPSA) is 59.5 Å². The number of hydrogen-bond acceptors (Lipinski definition) is 5. The van der Waals surface area contributed by atoms with Crippen LogP contribution in [0.5, 0.6) is 11.5 Å². The lowest BCUT2D eigenvalue weighted by molar-refractivity contribution is 0.171. The Labute approximate surface area is 164 Å². The fourth-order valence-corrected chi connectivity index (χ4v) is 4.31. The predicted molar refractivity (Wildman–Crippen MR) is 104 cm³/mol. The molecule has 138 valence electrons. The van der Waals surface area contributed by atoms with E-state index in [0.29, 0.717) is 24.7 Å². The van der Waals surface area contributed by atoms with E-state index in [2.05, 4.69) is 6.07 Å². The van der Waals surface area contributed by atoms with Crippen molar-refractivity contribution in [3.05, 3.63) is 59.4 Å². The summed E-state index contributed by atoms with van der Waals surface area (Å²) in [7, 11) is 0. The van der Waals surface area contributed by atoms with E-state index >= 15 is 0 Å². The van der Waals surface area contributed by atoms with Crippen LogP contribution in [0, 0.1) is 17.1 Å². The first-order valence-electron chi connectivity index (χ1n) is 8.76. The fraction of sp³-hybridized carbons (Fsp3) is 0.143. The maximum absolute atomic E-state index is 13.3. The van der Waals surface area contributed by atoms with Gasteiger partial charge in [-0.25, -0.2) is 9.37 Å². The lowest BCUT2D eigenvalue weighted by atomic mass is 10.1. The molecule has 0 unspecified atom stereocenters. The Hall–Kier alpha value is -3.37. The van der Waals surface area contributed by atoms with Gasteiger partial charge in [0, 0.05) is 10.9 Å². The number of halogens is 1. The molecule has 0 saturated heterocycles. The monoisotopic (exact) mass is 391 g/mol. The van der Waals surface area contributed by atoms with Crippen molar-refractivity contribution < 1.29 is 13.9 Å². The van der Waals surface area contributed by atoms with Gasteiger partial charge in [-0.15, -0.1) is 11.3 Å². The van der Waals surface area contributed by atoms with Gasteiger partial charge in [-0.3, -0.25) is 4.40 Å². The summed E-state index contributed by atoms with van der Waals surface area (Å²) < 4.78 is 26.6. The first-order chi connectivity index (χ1) is 13.7. The summed E-state index contributed by atoms with van der Waals surface area (Å²) in [6, 6.07) is 14.3. The van der Waals surface area contributed by atoms with E-state index in [-0.39, 0.29) is 12.2 Å². The van der Waals surface area contributed by atoms with Gasteiger partial charge < -0.3 is 9.47 Å². The average molecular weight is 391 g/mol. The van der Waals surface area contributed by atoms with Crippen molar-refractivity contribution in [2.45, 2.75) is 6.42 Å². The summed E-state index contributed by atoms with van der Waals surface area (Å²) in [5.41, 5.74) is 4.18. The van der Waals surface area contributed by atoms with Gasteiger partial charge >= 0.3 is 0 Å². The summed E-state index contributed by atoms with van der Waals surface area (Å²) in [6.45, 7) is 1.04. The van der Waals surface area contributed by atoms with Crippen LogP contribution < -0.4 is 9.47 Å². The molecule has 1 aliphatic rings. The van der Waals surface area contributed by atoms with Crippen molar-refractivity contribution in [2.75, 3.05) is 13.2 Å². The first kappa shape index (κ1) is 16.8. The SMILES string of the molecule is N#CCc1c(-c2ccc3c(c2)OCCO3)nc2scc(-c3ccc(F)cc3)n12. The van der Waals surface area contributed by atoms with Crippen molar-refractivity contribution in [1.82, 2.24) is 9.38 Å². The molecule has 0 fully saturated rings. The largest absolute Gasteiger partial charge is 0.486 e. The highest BCUT2D eigenvalue weighted by Gasteiger charge is 2.21. The third-order valence-electron chi connectivity index (χ3n) is 4.66. The van der Waals surface area contributed by atoms with Gasteiger partial charge in [-0.05, 0) is 48.0 Å². The van der Waals surface area contributed by atoms with E-state index in [0.717, 1.165) is 33.2 Å². The number of aromatic nitrogens is 2. The Balaban J connectivity index is 1.69. The molecule has 2 aromatic carbocycles. The van der Waals surface area contributed by atoms with Crippen LogP contribution in [0.2, 0.25) is 0 Å². The molecule has 0 spiro atoms. The van der Waals surface area contributed by atoms with Gasteiger partial charge in [0.2, 0.25) is 0 Å². The fourth-order valence-electron chi connectivity index (χ4n) is 3.40. The van der Waals surface area contributed by atoms with Gasteiger partial charge in [0.1, 0.15) is 19.0 Å². The Morgan fingerprint density at radius 1 is 1.07 bits per heavy atom. The normalized spacial score (nSPS) is 12.9. The molecule has 0 radical (unpaired) electrons. The van der Waals surface area contributed by atoms with Crippen LogP contribution in [0.1, 0.15) is 5.69 Å². The smallest absolute Gasteiger partial charge is 0.194 e. The number of nitrogens with zero attached hydrogens (tertiary/aromatic N) is 3. The molecule has 2 aromatic heterocycles. The van der Waals surface area contributed by atoms with Crippen molar-refractivity contribution in [1.29, 1.82) is 5.26 Å². The number of hydrogen-bond donors (Lipinski definition) is 0. The van der Waals surface area contributed by atoms with Crippen LogP contribution in [0.4, 0.5) is 4.39 Å². The van der Waals surface area contributed by atoms with E-state index in [9.17, 15) is 9.65 Å². The zero-order valence-corrected chi connectivity index (χ0v) is 15.5. The number of thiazole rings is 1. The standard InChI is InChI=1S/C21H14FN3O2S/c22-15-4-1-13(2-5-15)17-12-28-21-24-20(16(7-8-23)25(17)21)14-3-6-18-19(11-14)27-10-9-26-18/h1-6,11-12H,7,9-10H2. The third kappa shape index (κ3) is 2.70. The third-order valence-corrected chi connectivity index (χ3v) is 5.49. The summed E-state index contributed by atoms with van der Waals surface area (Å²) in [5, 5.41) is 11.4. The number of imidazole rings is 1. The molecule has 0 saturated carbocycles. The Morgan fingerprint density at radius 3 is 2.61 bits per heavy atom. The van der Waals surface area contributed by atoms with Crippen LogP contribution in [0.25, 0.3) is 27.5 Å². The summed E-state index contributed by atoms with van der Waals surface area (Å²) >= 11 is 1.49. The molecule has 4 aromatic rings. The molecule has 0 aliphatic carbocycles. The van der Waals surface area contributed by atoms with Crippen LogP contribution in [0.15, 0.2) is 47.8 Å². The Kier molecular flexibility index (Phi) is 3.99. The van der Waals surface area contributed by atoms with Crippen molar-refractivity contribution in [2.24, 2.45) is 0 Å². The van der Waals surface area contributed by atoms with Gasteiger partial charge in [0.25, 0.3) is 0 Å². The molecular weight excluding hydrogens is 377 g/mol. The number of benzene rings is 2. The van der Waals surface area contributed by atoms with Gasteiger partial charge in [-0.1, -0.05) is 0 Å². The molecule has 0 atom stereocenters. The molecule has 28 heavy (non-hydrogen) atoms. The molecule has 0 amide bonds. The van der Waals surface area contributed by atoms with E-state index in [1.54, 1.807) is 12.1 Å². The van der Waals surface area contributed by atoms with Gasteiger partial charge in [0.05, 0.1) is 29.6 Å². The second-order valence-electron chi connectivity index (χ2n) is 6.35. The van der Waals surface area contributed by atoms with E-state index < -0.39 is 0 Å². The quantitative estimate of drug-likeness (QED) is 0.508. The Morgan fingerprint density at radius 2 is 1.82 bits per heavy atom. The zero-order chi connectivity index (χ0) is 19.1. The number of nitriles is 1. The highest BCUT2D eigenvalue weighted by molar-refractivity contribution is 7.15. The number of ether oxygens (including phenoxy) is 2. The summed E-state index contributed by atoms with van der Waals surface area (Å²) in [5.74, 6) is 1.11. The second-order valence-corrected chi connectivity index (χ2v) is 7.18. The number of fused-ring (bicyclic) bond motifs is 2. The molecular formula is C21H14FN3O2S. The zero-order valence-electron chi connectivity index (χ0n) is 14.7. The Bertz CT molecular complexity index is 1220. The summed E-state index contributed by atoms with van der Waals surface area (Å²) in [6.07, 6.45) is 0.204. The van der Waals surface area contributed by atoms with Crippen LogP contribution in [-0.2, 0) is 6.42 Å². The van der Waals surface area contributed by atoms with Crippen molar-refractivity contribution in [3.63, 3.8) is 0 Å². The molecule has 7 heteroatoms. The first-order valence-corrected chi connectivity index (χ1v) is 9.64. The average Bonchev–Trinajstić information content (AvgIpc) is 3.29. The van der Waals surface area contributed by atoms with Crippen molar-refractivity contribution >= 4 is 16.3 Å². The molecule has 3 heterocycles. The molecule has 0 N–H and O–H groups in total. The predicted octanol–water partition coefficient (Wildman–Crippen LogP) is 4.71. The second kappa shape index (κ2) is 6.66. The van der Waals surface area contributed by atoms with Crippen LogP contribution in [0.3, 0.4) is 0 Å². The van der Waals surface area contributed by atoms with Gasteiger partial charge in [-0.2, -0.15) is 5.26 Å². The molecule has 5 rings (SSSR count). The highest BCUT2D eigenvalue weighted by atomic mass is 32.1. The number of rotatable bonds is 3. The van der Waals surface area contributed by atoms with E-state index in [4.69, 9.17) is 14.5 Å². The molecule has 1 aliphatic heterocycles. The minimum Gasteiger partial charge on any atom is -0.486 e. The molecule has 0 bridgehead atoms. The molecule has 5 nitrogen and oxygen atoms in total. The maximum Gasteiger partial charge on any atom is 0.194 e. The highest BCUT2D eigenvalue weighted by Crippen LogP contribution is 2.38. The minimum absolute atomic E-state index is 0.204. The van der Waals surface area contributed by atoms with E-state index in [1.165, 1.54) is 23.5 Å². The van der Waals surface area contributed by atoms with Crippen LogP contribution in [-0.4, -0.2) is 22.6 Å². The lowest BCUT2D eigenvalue weighted by Gasteiger charge is -2.18. The van der Waals surface area contributed by atoms with Crippen LogP contribution >= 0.6 is 11.3 Å². The lowest BCUT2D eigenvalue weighted by Crippen LogP contribution is -2.15. The van der Waals surface area contributed by atoms with Crippen molar-refractivity contribution in [3.8, 4) is 40.1 Å². The minimum atomic E-state index is -0.282.